The maximum atomic E-state index is 5.51. The number of hydrogen-bond donors (Lipinski definition) is 2. The van der Waals surface area contributed by atoms with Gasteiger partial charge in [-0.3, -0.25) is 4.99 Å². The minimum Gasteiger partial charge on any atom is -0.315 e. The summed E-state index contributed by atoms with van der Waals surface area (Å²) in [5.41, 5.74) is 2.31. The topological polar surface area (TPSA) is 62.8 Å². The van der Waals surface area contributed by atoms with Gasteiger partial charge < -0.3 is 5.43 Å². The van der Waals surface area contributed by atoms with Crippen LogP contribution < -0.4 is 11.3 Å². The van der Waals surface area contributed by atoms with Crippen molar-refractivity contribution in [3.05, 3.63) is 0 Å². The predicted octanol–water partition coefficient (Wildman–Crippen LogP) is 0.826. The summed E-state index contributed by atoms with van der Waals surface area (Å²) in [6.45, 7) is 2.67. The minimum absolute atomic E-state index is 0.596. The summed E-state index contributed by atoms with van der Waals surface area (Å²) in [7, 11) is 0. The van der Waals surface area contributed by atoms with Crippen LogP contribution in [0.15, 0.2) is 9.98 Å². The number of nitrogens with zero attached hydrogens (tertiary/aromatic N) is 2. The number of halogens is 1. The van der Waals surface area contributed by atoms with Gasteiger partial charge in [-0.2, -0.15) is 0 Å². The van der Waals surface area contributed by atoms with Crippen LogP contribution in [0.2, 0.25) is 0 Å². The van der Waals surface area contributed by atoms with E-state index < -0.39 is 0 Å². The maximum absolute atomic E-state index is 5.51. The van der Waals surface area contributed by atoms with E-state index >= 15 is 0 Å². The molecule has 0 aromatic heterocycles. The van der Waals surface area contributed by atoms with Gasteiger partial charge in [-0.15, -0.1) is 11.6 Å². The molecule has 0 saturated heterocycles. The molecule has 0 fully saturated rings. The Balaban J connectivity index is 3.86. The average Bonchev–Trinajstić information content (AvgIpc) is 2.10. The number of nitrogens with one attached hydrogen (secondary N) is 1. The van der Waals surface area contributed by atoms with Gasteiger partial charge in [-0.1, -0.05) is 11.8 Å². The lowest BCUT2D eigenvalue weighted by Gasteiger charge is -1.96. The number of hydrogen-bond acceptors (Lipinski definition) is 3. The van der Waals surface area contributed by atoms with Gasteiger partial charge in [0.25, 0.3) is 0 Å². The van der Waals surface area contributed by atoms with Crippen LogP contribution in [0.4, 0.5) is 0 Å². The van der Waals surface area contributed by atoms with Crippen LogP contribution in [0, 0.1) is 0 Å². The van der Waals surface area contributed by atoms with Gasteiger partial charge in [0.05, 0.1) is 0 Å². The highest BCUT2D eigenvalue weighted by atomic mass is 35.5. The standard InChI is InChI=1S/C6H13ClN4S/c1-2-9-6(10-5-11-8)12-4-3-7/h5H,2-4,8H2,1H3,(H,9,10,11). The normalized spacial score (nSPS) is 12.4. The van der Waals surface area contributed by atoms with Crippen molar-refractivity contribution < 1.29 is 0 Å². The fourth-order valence-electron chi connectivity index (χ4n) is 0.481. The van der Waals surface area contributed by atoms with Crippen LogP contribution in [-0.4, -0.2) is 29.7 Å². The van der Waals surface area contributed by atoms with E-state index in [1.165, 1.54) is 18.1 Å². The van der Waals surface area contributed by atoms with Gasteiger partial charge in [-0.05, 0) is 6.92 Å². The maximum Gasteiger partial charge on any atom is 0.184 e. The van der Waals surface area contributed by atoms with E-state index in [1.807, 2.05) is 6.92 Å². The smallest absolute Gasteiger partial charge is 0.184 e. The minimum atomic E-state index is 0.596. The first kappa shape index (κ1) is 11.7. The van der Waals surface area contributed by atoms with Gasteiger partial charge in [0.15, 0.2) is 5.17 Å². The molecule has 0 aromatic carbocycles. The molecule has 0 aliphatic carbocycles. The number of amidine groups is 1. The van der Waals surface area contributed by atoms with Gasteiger partial charge in [0, 0.05) is 18.2 Å². The molecule has 0 amide bonds. The number of hydrazine groups is 1. The average molecular weight is 209 g/mol. The Labute approximate surface area is 81.6 Å². The lowest BCUT2D eigenvalue weighted by Crippen LogP contribution is -2.19. The summed E-state index contributed by atoms with van der Waals surface area (Å²) in [6.07, 6.45) is 1.40. The number of thioether (sulfide) groups is 1. The van der Waals surface area contributed by atoms with Gasteiger partial charge in [-0.25, -0.2) is 10.8 Å². The van der Waals surface area contributed by atoms with Crippen molar-refractivity contribution in [2.45, 2.75) is 6.92 Å². The molecule has 6 heteroatoms. The molecule has 0 unspecified atom stereocenters. The Morgan fingerprint density at radius 1 is 1.75 bits per heavy atom. The zero-order valence-corrected chi connectivity index (χ0v) is 8.53. The molecule has 0 rings (SSSR count). The Hall–Kier alpha value is -0.260. The molecule has 0 atom stereocenters. The molecule has 12 heavy (non-hydrogen) atoms. The third-order valence-electron chi connectivity index (χ3n) is 0.851. The lowest BCUT2D eigenvalue weighted by atomic mass is 10.8. The van der Waals surface area contributed by atoms with Crippen molar-refractivity contribution in [1.82, 2.24) is 5.43 Å². The summed E-state index contributed by atoms with van der Waals surface area (Å²) in [4.78, 5) is 8.09. The molecule has 0 aliphatic rings. The van der Waals surface area contributed by atoms with Crippen LogP contribution >= 0.6 is 23.4 Å². The number of aliphatic imine (C=N–C) groups is 2. The molecular weight excluding hydrogens is 196 g/mol. The highest BCUT2D eigenvalue weighted by molar-refractivity contribution is 8.13. The van der Waals surface area contributed by atoms with Crippen molar-refractivity contribution in [2.75, 3.05) is 18.2 Å². The summed E-state index contributed by atoms with van der Waals surface area (Å²) < 4.78 is 0. The number of nitrogens with two attached hydrogens (primary N) is 1. The zero-order chi connectivity index (χ0) is 9.23. The fraction of sp³-hybridized carbons (Fsp3) is 0.667. The van der Waals surface area contributed by atoms with Crippen molar-refractivity contribution in [3.8, 4) is 0 Å². The van der Waals surface area contributed by atoms with Gasteiger partial charge in [0.1, 0.15) is 6.34 Å². The monoisotopic (exact) mass is 208 g/mol. The van der Waals surface area contributed by atoms with Crippen molar-refractivity contribution in [2.24, 2.45) is 15.8 Å². The fourth-order valence-corrected chi connectivity index (χ4v) is 1.32. The first-order valence-electron chi connectivity index (χ1n) is 3.57. The van der Waals surface area contributed by atoms with Crippen LogP contribution in [-0.2, 0) is 0 Å². The van der Waals surface area contributed by atoms with Crippen LogP contribution in [0.3, 0.4) is 0 Å². The second kappa shape index (κ2) is 8.83. The van der Waals surface area contributed by atoms with E-state index in [4.69, 9.17) is 17.4 Å². The summed E-state index contributed by atoms with van der Waals surface area (Å²) in [5, 5.41) is 0.705. The van der Waals surface area contributed by atoms with E-state index in [0.29, 0.717) is 17.6 Å². The van der Waals surface area contributed by atoms with Crippen molar-refractivity contribution >= 4 is 34.9 Å². The Morgan fingerprint density at radius 3 is 3.00 bits per heavy atom. The first-order chi connectivity index (χ1) is 5.85. The highest BCUT2D eigenvalue weighted by Crippen LogP contribution is 2.05. The predicted molar refractivity (Wildman–Crippen MR) is 57.0 cm³/mol. The van der Waals surface area contributed by atoms with E-state index in [1.54, 1.807) is 0 Å². The second-order valence-electron chi connectivity index (χ2n) is 1.72. The second-order valence-corrected chi connectivity index (χ2v) is 3.16. The molecule has 0 aliphatic heterocycles. The van der Waals surface area contributed by atoms with E-state index in [9.17, 15) is 0 Å². The lowest BCUT2D eigenvalue weighted by molar-refractivity contribution is 1.05. The number of alkyl halides is 1. The van der Waals surface area contributed by atoms with Crippen LogP contribution in [0.5, 0.6) is 0 Å². The summed E-state index contributed by atoms with van der Waals surface area (Å²) in [5.74, 6) is 6.42. The molecule has 4 nitrogen and oxygen atoms in total. The Kier molecular flexibility index (Phi) is 8.64. The molecule has 0 saturated carbocycles. The van der Waals surface area contributed by atoms with Gasteiger partial charge in [0.2, 0.25) is 0 Å². The zero-order valence-electron chi connectivity index (χ0n) is 6.96. The number of rotatable bonds is 4. The SMILES string of the molecule is CCN=C(/N=C/NN)SCCCl. The molecule has 70 valence electrons. The molecule has 0 radical (unpaired) electrons. The highest BCUT2D eigenvalue weighted by Gasteiger charge is 1.94. The molecule has 0 heterocycles. The largest absolute Gasteiger partial charge is 0.315 e. The van der Waals surface area contributed by atoms with Crippen molar-refractivity contribution in [3.63, 3.8) is 0 Å². The third kappa shape index (κ3) is 6.45. The van der Waals surface area contributed by atoms with Crippen LogP contribution in [0.1, 0.15) is 6.92 Å². The summed E-state index contributed by atoms with van der Waals surface area (Å²) >= 11 is 7.02. The summed E-state index contributed by atoms with van der Waals surface area (Å²) in [6, 6.07) is 0. The third-order valence-corrected chi connectivity index (χ3v) is 2.17. The van der Waals surface area contributed by atoms with Crippen molar-refractivity contribution in [1.29, 1.82) is 0 Å². The van der Waals surface area contributed by atoms with E-state index in [-0.39, 0.29) is 0 Å². The quantitative estimate of drug-likeness (QED) is 0.237. The first-order valence-corrected chi connectivity index (χ1v) is 5.09. The van der Waals surface area contributed by atoms with E-state index in [0.717, 1.165) is 5.75 Å². The Morgan fingerprint density at radius 2 is 2.50 bits per heavy atom. The molecule has 0 bridgehead atoms. The van der Waals surface area contributed by atoms with Gasteiger partial charge >= 0.3 is 0 Å². The molecule has 0 spiro atoms. The van der Waals surface area contributed by atoms with E-state index in [2.05, 4.69) is 15.4 Å². The molecular formula is C6H13ClN4S. The Bertz CT molecular complexity index is 160. The van der Waals surface area contributed by atoms with Crippen LogP contribution in [0.25, 0.3) is 0 Å². The molecule has 0 aromatic rings. The molecule has 3 N–H and O–H groups in total.